The van der Waals surface area contributed by atoms with Crippen LogP contribution in [0.2, 0.25) is 0 Å². The molecule has 142 valence electrons. The zero-order valence-electron chi connectivity index (χ0n) is 15.6. The Labute approximate surface area is 166 Å². The van der Waals surface area contributed by atoms with E-state index < -0.39 is 5.41 Å². The molecule has 0 atom stereocenters. The first kappa shape index (κ1) is 19.5. The van der Waals surface area contributed by atoms with Crippen molar-refractivity contribution in [1.82, 2.24) is 0 Å². The molecular weight excluding hydrogens is 414 g/mol. The number of allylic oxidation sites excluding steroid dienone is 1. The second kappa shape index (κ2) is 6.44. The summed E-state index contributed by atoms with van der Waals surface area (Å²) in [6, 6.07) is 8.14. The fourth-order valence-electron chi connectivity index (χ4n) is 3.23. The van der Waals surface area contributed by atoms with Crippen LogP contribution in [0.25, 0.3) is 0 Å². The molecule has 2 N–H and O–H groups in total. The van der Waals surface area contributed by atoms with Crippen molar-refractivity contribution in [3.63, 3.8) is 0 Å². The van der Waals surface area contributed by atoms with Gasteiger partial charge in [-0.05, 0) is 43.2 Å². The van der Waals surface area contributed by atoms with E-state index >= 15 is 0 Å². The summed E-state index contributed by atoms with van der Waals surface area (Å²) >= 11 is 3.29. The van der Waals surface area contributed by atoms with Crippen LogP contribution in [0.5, 0.6) is 0 Å². The number of anilines is 2. The summed E-state index contributed by atoms with van der Waals surface area (Å²) < 4.78 is 27.5. The highest BCUT2D eigenvalue weighted by Crippen LogP contribution is 2.44. The van der Waals surface area contributed by atoms with Crippen molar-refractivity contribution in [2.75, 3.05) is 10.6 Å². The van der Waals surface area contributed by atoms with Crippen LogP contribution in [0.3, 0.4) is 0 Å². The summed E-state index contributed by atoms with van der Waals surface area (Å²) in [4.78, 5) is 11.4. The van der Waals surface area contributed by atoms with Gasteiger partial charge in [-0.1, -0.05) is 48.5 Å². The molecule has 2 aromatic carbocycles. The first-order chi connectivity index (χ1) is 12.5. The summed E-state index contributed by atoms with van der Waals surface area (Å²) in [6.07, 6.45) is 0. The number of nitrogens with one attached hydrogen (secondary N) is 2. The Kier molecular flexibility index (Phi) is 4.67. The summed E-state index contributed by atoms with van der Waals surface area (Å²) in [5, 5.41) is 5.53. The highest BCUT2D eigenvalue weighted by Gasteiger charge is 2.39. The summed E-state index contributed by atoms with van der Waals surface area (Å²) in [5.41, 5.74) is 2.59. The fraction of sp³-hybridized carbons (Fsp3) is 0.286. The normalized spacial score (nSPS) is 18.0. The number of carbonyl (C=O) groups is 1. The maximum absolute atomic E-state index is 13.5. The predicted molar refractivity (Wildman–Crippen MR) is 108 cm³/mol. The number of benzene rings is 2. The maximum atomic E-state index is 13.5. The molecule has 0 spiro atoms. The van der Waals surface area contributed by atoms with Crippen LogP contribution in [0.1, 0.15) is 38.8 Å². The van der Waals surface area contributed by atoms with Gasteiger partial charge in [-0.3, -0.25) is 4.79 Å². The van der Waals surface area contributed by atoms with Crippen LogP contribution in [0.4, 0.5) is 20.2 Å². The van der Waals surface area contributed by atoms with E-state index in [0.29, 0.717) is 11.4 Å². The molecule has 2 heterocycles. The number of hydrogen-bond donors (Lipinski definition) is 2. The lowest BCUT2D eigenvalue weighted by atomic mass is 9.84. The van der Waals surface area contributed by atoms with Crippen LogP contribution >= 0.6 is 15.9 Å². The van der Waals surface area contributed by atoms with Gasteiger partial charge in [0.2, 0.25) is 5.91 Å². The molecule has 0 aliphatic carbocycles. The lowest BCUT2D eigenvalue weighted by Gasteiger charge is -2.19. The van der Waals surface area contributed by atoms with Crippen LogP contribution in [0, 0.1) is 11.6 Å². The van der Waals surface area contributed by atoms with E-state index in [1.807, 2.05) is 19.9 Å². The first-order valence-corrected chi connectivity index (χ1v) is 9.32. The Bertz CT molecular complexity index is 967. The summed E-state index contributed by atoms with van der Waals surface area (Å²) in [7, 11) is 0. The lowest BCUT2D eigenvalue weighted by molar-refractivity contribution is -0.119. The molecule has 0 aromatic heterocycles. The molecule has 2 aromatic rings. The highest BCUT2D eigenvalue weighted by molar-refractivity contribution is 9.10. The zero-order chi connectivity index (χ0) is 20.1. The first-order valence-electron chi connectivity index (χ1n) is 8.52. The highest BCUT2D eigenvalue weighted by atomic mass is 79.9. The number of rotatable bonds is 0. The van der Waals surface area contributed by atoms with Crippen molar-refractivity contribution in [2.45, 2.75) is 38.5 Å². The van der Waals surface area contributed by atoms with E-state index in [9.17, 15) is 13.6 Å². The van der Waals surface area contributed by atoms with Crippen molar-refractivity contribution in [2.24, 2.45) is 0 Å². The topological polar surface area (TPSA) is 41.1 Å². The predicted octanol–water partition coefficient (Wildman–Crippen LogP) is 5.86. The van der Waals surface area contributed by atoms with Gasteiger partial charge >= 0.3 is 0 Å². The smallest absolute Gasteiger partial charge is 0.234 e. The second-order valence-electron chi connectivity index (χ2n) is 7.78. The Morgan fingerprint density at radius 2 is 1.56 bits per heavy atom. The average Bonchev–Trinajstić information content (AvgIpc) is 2.94. The number of carbonyl (C=O) groups excluding carboxylic acids is 1. The molecule has 0 saturated heterocycles. The van der Waals surface area contributed by atoms with Gasteiger partial charge in [0.25, 0.3) is 0 Å². The van der Waals surface area contributed by atoms with Crippen molar-refractivity contribution >= 4 is 33.2 Å². The summed E-state index contributed by atoms with van der Waals surface area (Å²) in [6.45, 7) is 11.5. The van der Waals surface area contributed by atoms with Gasteiger partial charge in [0.05, 0.1) is 16.8 Å². The Morgan fingerprint density at radius 1 is 0.926 bits per heavy atom. The molecule has 27 heavy (non-hydrogen) atoms. The zero-order valence-corrected chi connectivity index (χ0v) is 17.2. The molecule has 0 saturated carbocycles. The van der Waals surface area contributed by atoms with Gasteiger partial charge in [0.1, 0.15) is 11.6 Å². The van der Waals surface area contributed by atoms with Crippen molar-refractivity contribution < 1.29 is 13.6 Å². The minimum atomic E-state index is -0.614. The SMILES string of the molecule is C=C1Nc2c(F)cc(Br)cc2C1(C)C.CC1(C)C(=O)Nc2c(F)cccc21. The Balaban J connectivity index is 0.000000156. The molecule has 0 radical (unpaired) electrons. The van der Waals surface area contributed by atoms with Crippen molar-refractivity contribution in [3.05, 3.63) is 69.8 Å². The third-order valence-electron chi connectivity index (χ3n) is 5.25. The van der Waals surface area contributed by atoms with E-state index in [-0.39, 0.29) is 23.0 Å². The Hall–Kier alpha value is -2.21. The van der Waals surface area contributed by atoms with E-state index in [0.717, 1.165) is 21.3 Å². The van der Waals surface area contributed by atoms with Gasteiger partial charge in [0.15, 0.2) is 0 Å². The monoisotopic (exact) mass is 434 g/mol. The molecule has 6 heteroatoms. The third kappa shape index (κ3) is 3.16. The van der Waals surface area contributed by atoms with Gasteiger partial charge in [-0.15, -0.1) is 0 Å². The average molecular weight is 435 g/mol. The number of halogens is 3. The van der Waals surface area contributed by atoms with Crippen LogP contribution < -0.4 is 10.6 Å². The second-order valence-corrected chi connectivity index (χ2v) is 8.70. The van der Waals surface area contributed by atoms with E-state index in [4.69, 9.17) is 0 Å². The number of amides is 1. The largest absolute Gasteiger partial charge is 0.356 e. The number of hydrogen-bond acceptors (Lipinski definition) is 2. The molecule has 4 rings (SSSR count). The van der Waals surface area contributed by atoms with Crippen LogP contribution in [0.15, 0.2) is 47.1 Å². The van der Waals surface area contributed by atoms with Crippen molar-refractivity contribution in [3.8, 4) is 0 Å². The van der Waals surface area contributed by atoms with Crippen LogP contribution in [-0.2, 0) is 15.6 Å². The third-order valence-corrected chi connectivity index (χ3v) is 5.71. The molecule has 3 nitrogen and oxygen atoms in total. The maximum Gasteiger partial charge on any atom is 0.234 e. The Morgan fingerprint density at radius 3 is 2.19 bits per heavy atom. The van der Waals surface area contributed by atoms with Gasteiger partial charge in [-0.25, -0.2) is 8.78 Å². The quantitative estimate of drug-likeness (QED) is 0.544. The van der Waals surface area contributed by atoms with E-state index in [1.54, 1.807) is 26.0 Å². The minimum absolute atomic E-state index is 0.146. The molecule has 0 fully saturated rings. The van der Waals surface area contributed by atoms with Gasteiger partial charge < -0.3 is 10.6 Å². The molecule has 0 bridgehead atoms. The molecule has 2 aliphatic heterocycles. The van der Waals surface area contributed by atoms with Crippen LogP contribution in [-0.4, -0.2) is 5.91 Å². The molecular formula is C21H21BrF2N2O. The lowest BCUT2D eigenvalue weighted by Crippen LogP contribution is -2.26. The standard InChI is InChI=1S/C11H11BrFN.C10H10FNO/c1-6-11(2,3)8-4-7(12)5-9(13)10(8)14-6;1-10(2)6-4-3-5-7(11)8(6)12-9(10)13/h4-5,14H,1H2,2-3H3;3-5H,1-2H3,(H,12,13). The van der Waals surface area contributed by atoms with Gasteiger partial charge in [-0.2, -0.15) is 0 Å². The van der Waals surface area contributed by atoms with Gasteiger partial charge in [0, 0.05) is 15.6 Å². The summed E-state index contributed by atoms with van der Waals surface area (Å²) in [5.74, 6) is -0.745. The van der Waals surface area contributed by atoms with E-state index in [1.165, 1.54) is 12.1 Å². The molecule has 1 amide bonds. The van der Waals surface area contributed by atoms with E-state index in [2.05, 4.69) is 33.1 Å². The fourth-order valence-corrected chi connectivity index (χ4v) is 3.66. The van der Waals surface area contributed by atoms with Crippen molar-refractivity contribution in [1.29, 1.82) is 0 Å². The molecule has 0 unspecified atom stereocenters. The minimum Gasteiger partial charge on any atom is -0.356 e. The number of para-hydroxylation sites is 1. The number of fused-ring (bicyclic) bond motifs is 2. The molecule has 2 aliphatic rings.